The second-order valence-corrected chi connectivity index (χ2v) is 4.48. The Labute approximate surface area is 100 Å². The van der Waals surface area contributed by atoms with Crippen LogP contribution in [0.2, 0.25) is 0 Å². The summed E-state index contributed by atoms with van der Waals surface area (Å²) in [4.78, 5) is 4.23. The van der Waals surface area contributed by atoms with Gasteiger partial charge in [-0.05, 0) is 18.9 Å². The van der Waals surface area contributed by atoms with Crippen LogP contribution < -0.4 is 0 Å². The van der Waals surface area contributed by atoms with Crippen LogP contribution in [0.3, 0.4) is 0 Å². The van der Waals surface area contributed by atoms with Gasteiger partial charge in [-0.2, -0.15) is 5.10 Å². The molecule has 0 fully saturated rings. The Kier molecular flexibility index (Phi) is 2.96. The lowest BCUT2D eigenvalue weighted by Crippen LogP contribution is -1.94. The molecule has 2 aromatic heterocycles. The minimum Gasteiger partial charge on any atom is -0.272 e. The van der Waals surface area contributed by atoms with Crippen LogP contribution in [0.5, 0.6) is 0 Å². The van der Waals surface area contributed by atoms with Crippen LogP contribution in [0.1, 0.15) is 31.2 Å². The molecule has 0 aliphatic heterocycles. The van der Waals surface area contributed by atoms with E-state index in [9.17, 15) is 4.39 Å². The molecule has 0 aliphatic carbocycles. The van der Waals surface area contributed by atoms with Crippen molar-refractivity contribution in [2.75, 3.05) is 0 Å². The van der Waals surface area contributed by atoms with E-state index in [0.29, 0.717) is 5.69 Å². The fraction of sp³-hybridized carbons (Fsp3) is 0.385. The van der Waals surface area contributed by atoms with Crippen molar-refractivity contribution in [1.29, 1.82) is 0 Å². The molecular weight excluding hydrogens is 217 g/mol. The molecule has 0 bridgehead atoms. The number of halogens is 1. The van der Waals surface area contributed by atoms with Gasteiger partial charge in [0.2, 0.25) is 0 Å². The highest BCUT2D eigenvalue weighted by Gasteiger charge is 2.18. The third-order valence-electron chi connectivity index (χ3n) is 2.89. The zero-order valence-corrected chi connectivity index (χ0v) is 10.5. The number of aromatic nitrogens is 3. The SMILES string of the molecule is Cc1c(-c2cc(F)ccn2)c(C(C)C)nn1C. The molecule has 2 rings (SSSR count). The van der Waals surface area contributed by atoms with Gasteiger partial charge >= 0.3 is 0 Å². The first kappa shape index (κ1) is 11.8. The quantitative estimate of drug-likeness (QED) is 0.798. The maximum absolute atomic E-state index is 13.3. The standard InChI is InChI=1S/C13H16FN3/c1-8(2)13-12(9(3)17(4)16-13)11-7-10(14)5-6-15-11/h5-8H,1-4H3. The van der Waals surface area contributed by atoms with E-state index in [-0.39, 0.29) is 11.7 Å². The third kappa shape index (κ3) is 2.07. The molecule has 2 aromatic rings. The van der Waals surface area contributed by atoms with E-state index in [1.165, 1.54) is 18.3 Å². The summed E-state index contributed by atoms with van der Waals surface area (Å²) in [6.07, 6.45) is 1.49. The Bertz CT molecular complexity index is 544. The molecule has 0 spiro atoms. The first-order chi connectivity index (χ1) is 8.00. The van der Waals surface area contributed by atoms with E-state index in [1.54, 1.807) is 0 Å². The fourth-order valence-electron chi connectivity index (χ4n) is 1.90. The minimum atomic E-state index is -0.270. The number of hydrogen-bond donors (Lipinski definition) is 0. The van der Waals surface area contributed by atoms with Gasteiger partial charge < -0.3 is 0 Å². The van der Waals surface area contributed by atoms with Crippen molar-refractivity contribution in [3.63, 3.8) is 0 Å². The van der Waals surface area contributed by atoms with Crippen molar-refractivity contribution in [2.24, 2.45) is 7.05 Å². The van der Waals surface area contributed by atoms with Gasteiger partial charge in [-0.15, -0.1) is 0 Å². The Hall–Kier alpha value is -1.71. The van der Waals surface area contributed by atoms with Crippen molar-refractivity contribution >= 4 is 0 Å². The first-order valence-corrected chi connectivity index (χ1v) is 5.66. The normalized spacial score (nSPS) is 11.2. The molecule has 0 saturated carbocycles. The lowest BCUT2D eigenvalue weighted by Gasteiger charge is -2.05. The molecule has 0 atom stereocenters. The van der Waals surface area contributed by atoms with Crippen LogP contribution in [-0.4, -0.2) is 14.8 Å². The Balaban J connectivity index is 2.65. The predicted octanol–water partition coefficient (Wildman–Crippen LogP) is 3.05. The minimum absolute atomic E-state index is 0.270. The van der Waals surface area contributed by atoms with Crippen LogP contribution >= 0.6 is 0 Å². The van der Waals surface area contributed by atoms with E-state index in [0.717, 1.165) is 17.0 Å². The van der Waals surface area contributed by atoms with Crippen molar-refractivity contribution < 1.29 is 4.39 Å². The number of pyridine rings is 1. The predicted molar refractivity (Wildman–Crippen MR) is 65.2 cm³/mol. The topological polar surface area (TPSA) is 30.7 Å². The summed E-state index contributed by atoms with van der Waals surface area (Å²) in [5.74, 6) is 0.0166. The fourth-order valence-corrected chi connectivity index (χ4v) is 1.90. The summed E-state index contributed by atoms with van der Waals surface area (Å²) in [6, 6.07) is 2.81. The lowest BCUT2D eigenvalue weighted by molar-refractivity contribution is 0.626. The van der Waals surface area contributed by atoms with E-state index < -0.39 is 0 Å². The third-order valence-corrected chi connectivity index (χ3v) is 2.89. The number of aryl methyl sites for hydroxylation is 1. The van der Waals surface area contributed by atoms with E-state index >= 15 is 0 Å². The second-order valence-electron chi connectivity index (χ2n) is 4.48. The van der Waals surface area contributed by atoms with Crippen molar-refractivity contribution in [3.8, 4) is 11.3 Å². The van der Waals surface area contributed by atoms with E-state index in [2.05, 4.69) is 23.9 Å². The molecule has 3 nitrogen and oxygen atoms in total. The second kappa shape index (κ2) is 4.28. The molecule has 0 unspecified atom stereocenters. The highest BCUT2D eigenvalue weighted by Crippen LogP contribution is 2.30. The highest BCUT2D eigenvalue weighted by atomic mass is 19.1. The largest absolute Gasteiger partial charge is 0.272 e. The number of rotatable bonds is 2. The van der Waals surface area contributed by atoms with Gasteiger partial charge in [-0.1, -0.05) is 13.8 Å². The lowest BCUT2D eigenvalue weighted by atomic mass is 10.0. The number of nitrogens with zero attached hydrogens (tertiary/aromatic N) is 3. The Morgan fingerprint density at radius 2 is 2.06 bits per heavy atom. The number of hydrogen-bond acceptors (Lipinski definition) is 2. The molecule has 90 valence electrons. The molecule has 2 heterocycles. The summed E-state index contributed by atoms with van der Waals surface area (Å²) in [5.41, 5.74) is 3.57. The summed E-state index contributed by atoms with van der Waals surface area (Å²) in [7, 11) is 1.89. The Morgan fingerprint density at radius 3 is 2.65 bits per heavy atom. The van der Waals surface area contributed by atoms with Crippen molar-refractivity contribution in [2.45, 2.75) is 26.7 Å². The van der Waals surface area contributed by atoms with Gasteiger partial charge in [0.05, 0.1) is 11.4 Å². The van der Waals surface area contributed by atoms with Crippen LogP contribution in [0.4, 0.5) is 4.39 Å². The average molecular weight is 233 g/mol. The zero-order valence-electron chi connectivity index (χ0n) is 10.5. The molecule has 0 amide bonds. The first-order valence-electron chi connectivity index (χ1n) is 5.66. The molecular formula is C13H16FN3. The molecule has 0 saturated heterocycles. The van der Waals surface area contributed by atoms with Crippen molar-refractivity contribution in [1.82, 2.24) is 14.8 Å². The highest BCUT2D eigenvalue weighted by molar-refractivity contribution is 5.65. The van der Waals surface area contributed by atoms with E-state index in [4.69, 9.17) is 0 Å². The summed E-state index contributed by atoms with van der Waals surface area (Å²) < 4.78 is 15.1. The summed E-state index contributed by atoms with van der Waals surface area (Å²) in [6.45, 7) is 6.12. The maximum atomic E-state index is 13.3. The molecule has 0 N–H and O–H groups in total. The van der Waals surface area contributed by atoms with Crippen LogP contribution in [0.25, 0.3) is 11.3 Å². The van der Waals surface area contributed by atoms with Gasteiger partial charge in [-0.25, -0.2) is 4.39 Å². The molecule has 17 heavy (non-hydrogen) atoms. The molecule has 4 heteroatoms. The summed E-state index contributed by atoms with van der Waals surface area (Å²) in [5, 5.41) is 4.47. The van der Waals surface area contributed by atoms with Gasteiger partial charge in [0.15, 0.2) is 0 Å². The molecule has 0 radical (unpaired) electrons. The van der Waals surface area contributed by atoms with Crippen LogP contribution in [-0.2, 0) is 7.05 Å². The van der Waals surface area contributed by atoms with Gasteiger partial charge in [0.25, 0.3) is 0 Å². The van der Waals surface area contributed by atoms with Gasteiger partial charge in [-0.3, -0.25) is 9.67 Å². The van der Waals surface area contributed by atoms with Crippen LogP contribution in [0, 0.1) is 12.7 Å². The maximum Gasteiger partial charge on any atom is 0.126 e. The van der Waals surface area contributed by atoms with E-state index in [1.807, 2.05) is 18.7 Å². The van der Waals surface area contributed by atoms with Crippen molar-refractivity contribution in [3.05, 3.63) is 35.5 Å². The molecule has 0 aliphatic rings. The van der Waals surface area contributed by atoms with Gasteiger partial charge in [0, 0.05) is 30.6 Å². The smallest absolute Gasteiger partial charge is 0.126 e. The Morgan fingerprint density at radius 1 is 1.35 bits per heavy atom. The monoisotopic (exact) mass is 233 g/mol. The van der Waals surface area contributed by atoms with Gasteiger partial charge in [0.1, 0.15) is 5.82 Å². The zero-order chi connectivity index (χ0) is 12.6. The van der Waals surface area contributed by atoms with Crippen LogP contribution in [0.15, 0.2) is 18.3 Å². The molecule has 0 aromatic carbocycles. The average Bonchev–Trinajstić information content (AvgIpc) is 2.56. The summed E-state index contributed by atoms with van der Waals surface area (Å²) >= 11 is 0.